The first-order chi connectivity index (χ1) is 8.90. The van der Waals surface area contributed by atoms with Gasteiger partial charge in [0.25, 0.3) is 0 Å². The molecule has 3 aliphatic rings. The van der Waals surface area contributed by atoms with Crippen LogP contribution >= 0.6 is 0 Å². The summed E-state index contributed by atoms with van der Waals surface area (Å²) < 4.78 is 7.83. The molecular weight excluding hydrogens is 226 g/mol. The predicted octanol–water partition coefficient (Wildman–Crippen LogP) is 1.76. The highest BCUT2D eigenvalue weighted by molar-refractivity contribution is 5.15. The average molecular weight is 247 g/mol. The quantitative estimate of drug-likeness (QED) is 0.797. The number of hydrogen-bond acceptors (Lipinski definition) is 3. The topological polar surface area (TPSA) is 30.3 Å². The van der Waals surface area contributed by atoms with Crippen LogP contribution in [0, 0.1) is 0 Å². The Kier molecular flexibility index (Phi) is 2.66. The van der Waals surface area contributed by atoms with Crippen molar-refractivity contribution in [3.8, 4) is 0 Å². The van der Waals surface area contributed by atoms with E-state index in [2.05, 4.69) is 15.7 Å². The Morgan fingerprint density at radius 2 is 1.94 bits per heavy atom. The van der Waals surface area contributed by atoms with E-state index < -0.39 is 0 Å². The number of rotatable bonds is 2. The molecule has 2 fully saturated rings. The summed E-state index contributed by atoms with van der Waals surface area (Å²) in [4.78, 5) is 7.46. The van der Waals surface area contributed by atoms with E-state index in [0.717, 1.165) is 32.2 Å². The zero-order valence-electron chi connectivity index (χ0n) is 10.8. The minimum absolute atomic E-state index is 0.716. The molecule has 0 atom stereocenters. The van der Waals surface area contributed by atoms with Crippen LogP contribution < -0.4 is 0 Å². The van der Waals surface area contributed by atoms with Gasteiger partial charge in [-0.3, -0.25) is 4.90 Å². The van der Waals surface area contributed by atoms with E-state index in [4.69, 9.17) is 9.72 Å². The molecule has 0 aromatic carbocycles. The Morgan fingerprint density at radius 1 is 1.11 bits per heavy atom. The molecule has 4 heteroatoms. The molecule has 1 saturated heterocycles. The van der Waals surface area contributed by atoms with Gasteiger partial charge in [-0.15, -0.1) is 0 Å². The molecule has 18 heavy (non-hydrogen) atoms. The van der Waals surface area contributed by atoms with E-state index in [1.807, 2.05) is 0 Å². The summed E-state index contributed by atoms with van der Waals surface area (Å²) in [5.74, 6) is 2.06. The van der Waals surface area contributed by atoms with Crippen LogP contribution in [0.15, 0.2) is 6.20 Å². The lowest BCUT2D eigenvalue weighted by Crippen LogP contribution is -2.43. The summed E-state index contributed by atoms with van der Waals surface area (Å²) in [5, 5.41) is 0. The van der Waals surface area contributed by atoms with Gasteiger partial charge in [-0.25, -0.2) is 4.98 Å². The Labute approximate surface area is 108 Å². The first kappa shape index (κ1) is 11.0. The zero-order valence-corrected chi connectivity index (χ0v) is 10.8. The maximum absolute atomic E-state index is 5.46. The summed E-state index contributed by atoms with van der Waals surface area (Å²) in [6.45, 7) is 5.20. The third kappa shape index (κ3) is 1.97. The monoisotopic (exact) mass is 247 g/mol. The molecule has 2 aliphatic heterocycles. The number of fused-ring (bicyclic) bond motifs is 1. The van der Waals surface area contributed by atoms with Gasteiger partial charge in [-0.2, -0.15) is 0 Å². The molecule has 3 heterocycles. The van der Waals surface area contributed by atoms with Crippen LogP contribution in [0.4, 0.5) is 0 Å². The number of ether oxygens (including phenoxy) is 1. The second-order valence-electron chi connectivity index (χ2n) is 5.86. The van der Waals surface area contributed by atoms with Crippen LogP contribution in [-0.4, -0.2) is 40.3 Å². The predicted molar refractivity (Wildman–Crippen MR) is 68.5 cm³/mol. The van der Waals surface area contributed by atoms with Crippen molar-refractivity contribution in [3.05, 3.63) is 17.7 Å². The van der Waals surface area contributed by atoms with Crippen LogP contribution in [0.2, 0.25) is 0 Å². The lowest BCUT2D eigenvalue weighted by molar-refractivity contribution is 0.0235. The molecular formula is C14H21N3O. The van der Waals surface area contributed by atoms with E-state index in [0.29, 0.717) is 6.04 Å². The molecule has 1 aromatic heterocycles. The molecule has 0 radical (unpaired) electrons. The summed E-state index contributed by atoms with van der Waals surface area (Å²) >= 11 is 0. The molecule has 1 aliphatic carbocycles. The fraction of sp³-hybridized carbons (Fsp3) is 0.786. The van der Waals surface area contributed by atoms with Gasteiger partial charge in [0.1, 0.15) is 5.82 Å². The Bertz CT molecular complexity index is 432. The molecule has 1 saturated carbocycles. The van der Waals surface area contributed by atoms with Gasteiger partial charge in [-0.05, 0) is 25.7 Å². The van der Waals surface area contributed by atoms with Gasteiger partial charge in [-0.1, -0.05) is 0 Å². The van der Waals surface area contributed by atoms with Crippen LogP contribution in [0.25, 0.3) is 0 Å². The van der Waals surface area contributed by atoms with Crippen LogP contribution in [-0.2, 0) is 17.8 Å². The molecule has 0 amide bonds. The summed E-state index contributed by atoms with van der Waals surface area (Å²) in [5.41, 5.74) is 1.35. The highest BCUT2D eigenvalue weighted by atomic mass is 16.5. The van der Waals surface area contributed by atoms with Crippen molar-refractivity contribution in [1.82, 2.24) is 14.5 Å². The summed E-state index contributed by atoms with van der Waals surface area (Å²) in [6, 6.07) is 0.716. The second-order valence-corrected chi connectivity index (χ2v) is 5.86. The summed E-state index contributed by atoms with van der Waals surface area (Å²) in [6.07, 6.45) is 7.38. The molecule has 1 aromatic rings. The second kappa shape index (κ2) is 4.35. The number of hydrogen-bond donors (Lipinski definition) is 0. The lowest BCUT2D eigenvalue weighted by Gasteiger charge is -2.36. The van der Waals surface area contributed by atoms with Crippen molar-refractivity contribution < 1.29 is 4.74 Å². The van der Waals surface area contributed by atoms with Gasteiger partial charge in [0.2, 0.25) is 0 Å². The van der Waals surface area contributed by atoms with Crippen molar-refractivity contribution in [2.24, 2.45) is 0 Å². The van der Waals surface area contributed by atoms with E-state index in [9.17, 15) is 0 Å². The molecule has 4 nitrogen and oxygen atoms in total. The van der Waals surface area contributed by atoms with Crippen LogP contribution in [0.1, 0.15) is 43.1 Å². The van der Waals surface area contributed by atoms with Crippen molar-refractivity contribution in [3.63, 3.8) is 0 Å². The highest BCUT2D eigenvalue weighted by Crippen LogP contribution is 2.39. The fourth-order valence-corrected chi connectivity index (χ4v) is 3.23. The average Bonchev–Trinajstić information content (AvgIpc) is 3.19. The highest BCUT2D eigenvalue weighted by Gasteiger charge is 2.30. The van der Waals surface area contributed by atoms with Crippen molar-refractivity contribution in [2.75, 3.05) is 19.8 Å². The molecule has 0 bridgehead atoms. The van der Waals surface area contributed by atoms with E-state index in [-0.39, 0.29) is 0 Å². The van der Waals surface area contributed by atoms with Gasteiger partial charge in [0, 0.05) is 44.5 Å². The standard InChI is InChI=1S/C14H21N3O/c1-2-11(1)13-9-17-6-5-16(10-14(17)15-13)12-3-7-18-8-4-12/h9,11-12H,1-8,10H2. The third-order valence-corrected chi connectivity index (χ3v) is 4.55. The molecule has 4 rings (SSSR count). The van der Waals surface area contributed by atoms with Gasteiger partial charge in [0.15, 0.2) is 0 Å². The van der Waals surface area contributed by atoms with E-state index >= 15 is 0 Å². The van der Waals surface area contributed by atoms with Crippen molar-refractivity contribution in [1.29, 1.82) is 0 Å². The molecule has 98 valence electrons. The SMILES string of the molecule is c1c(C2CC2)nc2n1CCN(C1CCOCC1)C2. The minimum Gasteiger partial charge on any atom is -0.381 e. The summed E-state index contributed by atoms with van der Waals surface area (Å²) in [7, 11) is 0. The van der Waals surface area contributed by atoms with Crippen LogP contribution in [0.5, 0.6) is 0 Å². The number of imidazole rings is 1. The first-order valence-corrected chi connectivity index (χ1v) is 7.28. The fourth-order valence-electron chi connectivity index (χ4n) is 3.23. The Hall–Kier alpha value is -0.870. The molecule has 0 N–H and O–H groups in total. The maximum Gasteiger partial charge on any atom is 0.123 e. The van der Waals surface area contributed by atoms with Crippen LogP contribution in [0.3, 0.4) is 0 Å². The number of nitrogens with zero attached hydrogens (tertiary/aromatic N) is 3. The third-order valence-electron chi connectivity index (χ3n) is 4.55. The maximum atomic E-state index is 5.46. The van der Waals surface area contributed by atoms with E-state index in [1.54, 1.807) is 0 Å². The lowest BCUT2D eigenvalue weighted by atomic mass is 10.1. The van der Waals surface area contributed by atoms with Crippen molar-refractivity contribution >= 4 is 0 Å². The Balaban J connectivity index is 1.49. The normalized spacial score (nSPS) is 26.2. The van der Waals surface area contributed by atoms with Crippen molar-refractivity contribution in [2.45, 2.75) is 50.7 Å². The van der Waals surface area contributed by atoms with Gasteiger partial charge < -0.3 is 9.30 Å². The zero-order chi connectivity index (χ0) is 11.9. The first-order valence-electron chi connectivity index (χ1n) is 7.28. The smallest absolute Gasteiger partial charge is 0.123 e. The molecule has 0 unspecified atom stereocenters. The molecule has 0 spiro atoms. The van der Waals surface area contributed by atoms with Gasteiger partial charge in [0.05, 0.1) is 12.2 Å². The van der Waals surface area contributed by atoms with Gasteiger partial charge >= 0.3 is 0 Å². The van der Waals surface area contributed by atoms with E-state index in [1.165, 1.54) is 43.7 Å². The Morgan fingerprint density at radius 3 is 2.72 bits per heavy atom. The number of aromatic nitrogens is 2. The minimum atomic E-state index is 0.716. The largest absolute Gasteiger partial charge is 0.381 e.